The summed E-state index contributed by atoms with van der Waals surface area (Å²) in [5, 5.41) is 0. The predicted octanol–water partition coefficient (Wildman–Crippen LogP) is 0.379. The van der Waals surface area contributed by atoms with E-state index in [1.165, 1.54) is 7.11 Å². The van der Waals surface area contributed by atoms with Crippen molar-refractivity contribution in [3.8, 4) is 0 Å². The van der Waals surface area contributed by atoms with E-state index >= 15 is 0 Å². The quantitative estimate of drug-likeness (QED) is 0.645. The molecule has 0 saturated heterocycles. The second kappa shape index (κ2) is 3.71. The van der Waals surface area contributed by atoms with E-state index in [0.717, 1.165) is 5.56 Å². The highest BCUT2D eigenvalue weighted by Gasteiger charge is 2.02. The van der Waals surface area contributed by atoms with Crippen LogP contribution in [-0.4, -0.2) is 18.1 Å². The summed E-state index contributed by atoms with van der Waals surface area (Å²) in [6.07, 6.45) is 1.80. The Balaban J connectivity index is 2.69. The van der Waals surface area contributed by atoms with E-state index in [4.69, 9.17) is 5.73 Å². The summed E-state index contributed by atoms with van der Waals surface area (Å²) < 4.78 is 4.49. The van der Waals surface area contributed by atoms with Crippen LogP contribution in [-0.2, 0) is 16.0 Å². The van der Waals surface area contributed by atoms with Crippen molar-refractivity contribution >= 4 is 11.8 Å². The number of esters is 1. The Morgan fingerprint density at radius 1 is 1.75 bits per heavy atom. The zero-order chi connectivity index (χ0) is 8.97. The van der Waals surface area contributed by atoms with Crippen LogP contribution in [0, 0.1) is 0 Å². The Kier molecular flexibility index (Phi) is 2.63. The Morgan fingerprint density at radius 3 is 3.08 bits per heavy atom. The molecule has 0 aliphatic carbocycles. The molecule has 0 aromatic carbocycles. The largest absolute Gasteiger partial charge is 0.469 e. The topological polar surface area (TPSA) is 65.2 Å². The fourth-order valence-corrected chi connectivity index (χ4v) is 0.843. The minimum absolute atomic E-state index is 0.239. The number of rotatable bonds is 2. The summed E-state index contributed by atoms with van der Waals surface area (Å²) in [5.41, 5.74) is 6.23. The molecule has 0 unspecified atom stereocenters. The number of nitrogens with zero attached hydrogens (tertiary/aromatic N) is 1. The van der Waals surface area contributed by atoms with Crippen molar-refractivity contribution in [2.45, 2.75) is 6.42 Å². The van der Waals surface area contributed by atoms with Crippen LogP contribution in [0.1, 0.15) is 5.56 Å². The van der Waals surface area contributed by atoms with Gasteiger partial charge in [0.15, 0.2) is 0 Å². The molecule has 0 amide bonds. The van der Waals surface area contributed by atoms with Gasteiger partial charge >= 0.3 is 5.97 Å². The zero-order valence-corrected chi connectivity index (χ0v) is 6.78. The van der Waals surface area contributed by atoms with E-state index in [9.17, 15) is 4.79 Å². The first-order valence-electron chi connectivity index (χ1n) is 3.49. The summed E-state index contributed by atoms with van der Waals surface area (Å²) in [7, 11) is 1.35. The summed E-state index contributed by atoms with van der Waals surface area (Å²) >= 11 is 0. The number of hydrogen-bond donors (Lipinski definition) is 1. The predicted molar refractivity (Wildman–Crippen MR) is 44.4 cm³/mol. The molecule has 0 aliphatic rings. The number of pyridine rings is 1. The molecule has 0 aliphatic heterocycles. The van der Waals surface area contributed by atoms with E-state index in [1.54, 1.807) is 18.3 Å². The molecule has 1 heterocycles. The number of aromatic nitrogens is 1. The van der Waals surface area contributed by atoms with Crippen molar-refractivity contribution in [2.24, 2.45) is 0 Å². The van der Waals surface area contributed by atoms with Gasteiger partial charge in [0.2, 0.25) is 0 Å². The normalized spacial score (nSPS) is 9.42. The molecular formula is C8H10N2O2. The van der Waals surface area contributed by atoms with Crippen molar-refractivity contribution in [3.63, 3.8) is 0 Å². The van der Waals surface area contributed by atoms with Crippen molar-refractivity contribution < 1.29 is 9.53 Å². The van der Waals surface area contributed by atoms with Gasteiger partial charge in [-0.3, -0.25) is 4.79 Å². The zero-order valence-electron chi connectivity index (χ0n) is 6.78. The van der Waals surface area contributed by atoms with Crippen molar-refractivity contribution in [1.29, 1.82) is 0 Å². The number of carbonyl (C=O) groups is 1. The highest BCUT2D eigenvalue weighted by Crippen LogP contribution is 2.03. The lowest BCUT2D eigenvalue weighted by Crippen LogP contribution is -2.05. The maximum absolute atomic E-state index is 10.8. The van der Waals surface area contributed by atoms with Gasteiger partial charge < -0.3 is 10.5 Å². The molecular weight excluding hydrogens is 156 g/mol. The molecule has 0 atom stereocenters. The lowest BCUT2D eigenvalue weighted by Gasteiger charge is -1.99. The van der Waals surface area contributed by atoms with Gasteiger partial charge in [-0.1, -0.05) is 0 Å². The average molecular weight is 166 g/mol. The third-order valence-corrected chi connectivity index (χ3v) is 1.42. The summed E-state index contributed by atoms with van der Waals surface area (Å²) in [6.45, 7) is 0. The van der Waals surface area contributed by atoms with Gasteiger partial charge in [-0.05, 0) is 17.7 Å². The van der Waals surface area contributed by atoms with Gasteiger partial charge in [0, 0.05) is 6.20 Å². The minimum atomic E-state index is -0.277. The molecule has 0 bridgehead atoms. The number of carbonyl (C=O) groups excluding carboxylic acids is 1. The SMILES string of the molecule is COC(=O)Cc1ccnc(N)c1. The molecule has 1 aromatic rings. The highest BCUT2D eigenvalue weighted by molar-refractivity contribution is 5.72. The summed E-state index contributed by atoms with van der Waals surface area (Å²) in [4.78, 5) is 14.6. The van der Waals surface area contributed by atoms with Crippen molar-refractivity contribution in [2.75, 3.05) is 12.8 Å². The van der Waals surface area contributed by atoms with Gasteiger partial charge in [-0.25, -0.2) is 4.98 Å². The first kappa shape index (κ1) is 8.52. The van der Waals surface area contributed by atoms with Crippen LogP contribution < -0.4 is 5.73 Å². The second-order valence-electron chi connectivity index (χ2n) is 2.34. The van der Waals surface area contributed by atoms with Gasteiger partial charge in [0.25, 0.3) is 0 Å². The lowest BCUT2D eigenvalue weighted by molar-refractivity contribution is -0.139. The van der Waals surface area contributed by atoms with Crippen LogP contribution in [0.2, 0.25) is 0 Å². The fourth-order valence-electron chi connectivity index (χ4n) is 0.843. The number of ether oxygens (including phenoxy) is 1. The third kappa shape index (κ3) is 2.23. The standard InChI is InChI=1S/C8H10N2O2/c1-12-8(11)5-6-2-3-10-7(9)4-6/h2-4H,5H2,1H3,(H2,9,10). The van der Waals surface area contributed by atoms with Crippen LogP contribution in [0.4, 0.5) is 5.82 Å². The Morgan fingerprint density at radius 2 is 2.50 bits per heavy atom. The van der Waals surface area contributed by atoms with E-state index in [-0.39, 0.29) is 12.4 Å². The molecule has 1 rings (SSSR count). The van der Waals surface area contributed by atoms with Crippen LogP contribution >= 0.6 is 0 Å². The molecule has 64 valence electrons. The summed E-state index contributed by atoms with van der Waals surface area (Å²) in [6, 6.07) is 3.38. The monoisotopic (exact) mass is 166 g/mol. The average Bonchev–Trinajstić information content (AvgIpc) is 2.04. The van der Waals surface area contributed by atoms with E-state index in [1.807, 2.05) is 0 Å². The summed E-state index contributed by atoms with van der Waals surface area (Å²) in [5.74, 6) is 0.136. The van der Waals surface area contributed by atoms with Crippen LogP contribution in [0.25, 0.3) is 0 Å². The van der Waals surface area contributed by atoms with Gasteiger partial charge in [-0.15, -0.1) is 0 Å². The first-order chi connectivity index (χ1) is 5.72. The molecule has 0 radical (unpaired) electrons. The van der Waals surface area contributed by atoms with E-state index in [0.29, 0.717) is 5.82 Å². The maximum Gasteiger partial charge on any atom is 0.309 e. The molecule has 4 heteroatoms. The third-order valence-electron chi connectivity index (χ3n) is 1.42. The number of nitrogens with two attached hydrogens (primary N) is 1. The highest BCUT2D eigenvalue weighted by atomic mass is 16.5. The van der Waals surface area contributed by atoms with Crippen LogP contribution in [0.15, 0.2) is 18.3 Å². The number of anilines is 1. The lowest BCUT2D eigenvalue weighted by atomic mass is 10.2. The molecule has 0 saturated carbocycles. The van der Waals surface area contributed by atoms with Gasteiger partial charge in [-0.2, -0.15) is 0 Å². The smallest absolute Gasteiger partial charge is 0.309 e. The van der Waals surface area contributed by atoms with E-state index < -0.39 is 0 Å². The molecule has 12 heavy (non-hydrogen) atoms. The van der Waals surface area contributed by atoms with Crippen LogP contribution in [0.5, 0.6) is 0 Å². The number of methoxy groups -OCH3 is 1. The maximum atomic E-state index is 10.8. The van der Waals surface area contributed by atoms with Gasteiger partial charge in [0.1, 0.15) is 5.82 Å². The molecule has 0 fully saturated rings. The van der Waals surface area contributed by atoms with E-state index in [2.05, 4.69) is 9.72 Å². The molecule has 2 N–H and O–H groups in total. The molecule has 0 spiro atoms. The van der Waals surface area contributed by atoms with Crippen molar-refractivity contribution in [1.82, 2.24) is 4.98 Å². The fraction of sp³-hybridized carbons (Fsp3) is 0.250. The Labute approximate surface area is 70.4 Å². The minimum Gasteiger partial charge on any atom is -0.469 e. The molecule has 4 nitrogen and oxygen atoms in total. The van der Waals surface area contributed by atoms with Gasteiger partial charge in [0.05, 0.1) is 13.5 Å². The second-order valence-corrected chi connectivity index (χ2v) is 2.34. The van der Waals surface area contributed by atoms with Crippen molar-refractivity contribution in [3.05, 3.63) is 23.9 Å². The first-order valence-corrected chi connectivity index (χ1v) is 3.49. The Hall–Kier alpha value is -1.58. The molecule has 1 aromatic heterocycles. The van der Waals surface area contributed by atoms with Crippen LogP contribution in [0.3, 0.4) is 0 Å². The number of hydrogen-bond acceptors (Lipinski definition) is 4. The Bertz CT molecular complexity index is 286. The number of nitrogen functional groups attached to an aromatic ring is 1.